The Bertz CT molecular complexity index is 1140. The molecule has 2 heterocycles. The van der Waals surface area contributed by atoms with Crippen molar-refractivity contribution in [2.75, 3.05) is 31.1 Å². The lowest BCUT2D eigenvalue weighted by atomic mass is 10.0. The summed E-state index contributed by atoms with van der Waals surface area (Å²) >= 11 is 0. The van der Waals surface area contributed by atoms with E-state index in [-0.39, 0.29) is 11.9 Å². The molecule has 0 aliphatic carbocycles. The molecule has 0 spiro atoms. The van der Waals surface area contributed by atoms with Gasteiger partial charge in [-0.1, -0.05) is 66.7 Å². The summed E-state index contributed by atoms with van der Waals surface area (Å²) < 4.78 is 16.8. The Kier molecular flexibility index (Phi) is 5.89. The van der Waals surface area contributed by atoms with Crippen molar-refractivity contribution in [1.29, 1.82) is 0 Å². The maximum Gasteiger partial charge on any atom is 0.173 e. The van der Waals surface area contributed by atoms with Gasteiger partial charge in [0.2, 0.25) is 0 Å². The third-order valence-electron chi connectivity index (χ3n) is 5.98. The zero-order valence-corrected chi connectivity index (χ0v) is 17.8. The van der Waals surface area contributed by atoms with Crippen molar-refractivity contribution < 1.29 is 4.39 Å². The molecule has 7 heteroatoms. The number of anilines is 1. The van der Waals surface area contributed by atoms with E-state index in [1.54, 1.807) is 10.7 Å². The van der Waals surface area contributed by atoms with Crippen LogP contribution in [0.25, 0.3) is 0 Å². The van der Waals surface area contributed by atoms with Crippen LogP contribution >= 0.6 is 0 Å². The molecule has 1 aromatic heterocycles. The average Bonchev–Trinajstić information content (AvgIpc) is 3.30. The van der Waals surface area contributed by atoms with E-state index in [2.05, 4.69) is 49.6 Å². The number of hydrogen-bond acceptors (Lipinski definition) is 5. The number of piperazine rings is 1. The molecule has 4 aromatic rings. The van der Waals surface area contributed by atoms with Crippen LogP contribution in [0.2, 0.25) is 0 Å². The molecule has 3 aromatic carbocycles. The minimum Gasteiger partial charge on any atom is -0.369 e. The molecule has 0 amide bonds. The minimum absolute atomic E-state index is 0.239. The van der Waals surface area contributed by atoms with Crippen LogP contribution in [0.4, 0.5) is 10.1 Å². The lowest BCUT2D eigenvalue weighted by Crippen LogP contribution is -2.48. The molecule has 32 heavy (non-hydrogen) atoms. The Hall–Kier alpha value is -3.58. The second-order valence-electron chi connectivity index (χ2n) is 7.96. The van der Waals surface area contributed by atoms with E-state index in [4.69, 9.17) is 0 Å². The molecule has 1 aliphatic rings. The van der Waals surface area contributed by atoms with E-state index in [0.29, 0.717) is 17.9 Å². The van der Waals surface area contributed by atoms with Gasteiger partial charge in [0.05, 0.1) is 6.54 Å². The van der Waals surface area contributed by atoms with Crippen LogP contribution in [-0.2, 0) is 6.54 Å². The maximum atomic E-state index is 15.0. The minimum atomic E-state index is -0.354. The fourth-order valence-electron chi connectivity index (χ4n) is 4.35. The molecule has 1 atom stereocenters. The number of nitrogens with zero attached hydrogens (tertiary/aromatic N) is 6. The van der Waals surface area contributed by atoms with Gasteiger partial charge in [-0.15, -0.1) is 5.10 Å². The number of benzene rings is 3. The molecule has 1 aliphatic heterocycles. The van der Waals surface area contributed by atoms with Crippen molar-refractivity contribution >= 4 is 5.69 Å². The monoisotopic (exact) mass is 428 g/mol. The Morgan fingerprint density at radius 2 is 1.44 bits per heavy atom. The van der Waals surface area contributed by atoms with Crippen LogP contribution in [0.15, 0.2) is 84.9 Å². The van der Waals surface area contributed by atoms with Crippen LogP contribution in [-0.4, -0.2) is 51.3 Å². The Labute approximate surface area is 186 Å². The average molecular weight is 429 g/mol. The molecule has 5 rings (SSSR count). The number of rotatable bonds is 6. The first-order valence-electron chi connectivity index (χ1n) is 10.9. The largest absolute Gasteiger partial charge is 0.369 e. The maximum absolute atomic E-state index is 15.0. The summed E-state index contributed by atoms with van der Waals surface area (Å²) in [6.45, 7) is 3.82. The van der Waals surface area contributed by atoms with Gasteiger partial charge in [-0.25, -0.2) is 9.07 Å². The SMILES string of the molecule is Fc1ccccc1[C@@H](c1nnnn1Cc1ccccc1)N1CCN(c2ccccc2)CC1. The number of hydrogen-bond donors (Lipinski definition) is 0. The molecule has 6 nitrogen and oxygen atoms in total. The summed E-state index contributed by atoms with van der Waals surface area (Å²) in [6, 6.07) is 27.0. The van der Waals surface area contributed by atoms with Gasteiger partial charge in [-0.3, -0.25) is 4.90 Å². The first-order chi connectivity index (χ1) is 15.8. The molecular weight excluding hydrogens is 403 g/mol. The summed E-state index contributed by atoms with van der Waals surface area (Å²) in [5, 5.41) is 12.6. The van der Waals surface area contributed by atoms with Crippen molar-refractivity contribution in [3.8, 4) is 0 Å². The van der Waals surface area contributed by atoms with E-state index >= 15 is 0 Å². The second-order valence-corrected chi connectivity index (χ2v) is 7.96. The van der Waals surface area contributed by atoms with E-state index in [0.717, 1.165) is 31.7 Å². The molecular formula is C25H25FN6. The standard InChI is InChI=1S/C25H25FN6/c26-23-14-8-7-13-22(23)24(25-27-28-29-32(25)19-20-9-3-1-4-10-20)31-17-15-30(16-18-31)21-11-5-2-6-12-21/h1-14,24H,15-19H2/t24-/m0/s1. The number of tetrazole rings is 1. The summed E-state index contributed by atoms with van der Waals surface area (Å²) in [6.07, 6.45) is 0. The van der Waals surface area contributed by atoms with Crippen molar-refractivity contribution in [3.63, 3.8) is 0 Å². The second kappa shape index (κ2) is 9.28. The van der Waals surface area contributed by atoms with E-state index < -0.39 is 0 Å². The van der Waals surface area contributed by atoms with Gasteiger partial charge in [0, 0.05) is 37.4 Å². The van der Waals surface area contributed by atoms with Gasteiger partial charge in [-0.05, 0) is 34.2 Å². The van der Waals surface area contributed by atoms with Gasteiger partial charge in [-0.2, -0.15) is 0 Å². The Balaban J connectivity index is 1.45. The molecule has 0 bridgehead atoms. The van der Waals surface area contributed by atoms with Gasteiger partial charge >= 0.3 is 0 Å². The fraction of sp³-hybridized carbons (Fsp3) is 0.240. The summed E-state index contributed by atoms with van der Waals surface area (Å²) in [5.41, 5.74) is 2.91. The fourth-order valence-corrected chi connectivity index (χ4v) is 4.35. The third-order valence-corrected chi connectivity index (χ3v) is 5.98. The summed E-state index contributed by atoms with van der Waals surface area (Å²) in [7, 11) is 0. The van der Waals surface area contributed by atoms with E-state index in [9.17, 15) is 4.39 Å². The molecule has 162 valence electrons. The van der Waals surface area contributed by atoms with E-state index in [1.807, 2.05) is 48.5 Å². The zero-order chi connectivity index (χ0) is 21.8. The molecule has 0 unspecified atom stereocenters. The Morgan fingerprint density at radius 1 is 0.781 bits per heavy atom. The zero-order valence-electron chi connectivity index (χ0n) is 17.8. The van der Waals surface area contributed by atoms with Gasteiger partial charge in [0.15, 0.2) is 5.82 Å². The predicted molar refractivity (Wildman–Crippen MR) is 122 cm³/mol. The van der Waals surface area contributed by atoms with E-state index in [1.165, 1.54) is 11.8 Å². The van der Waals surface area contributed by atoms with Gasteiger partial charge in [0.1, 0.15) is 11.9 Å². The highest BCUT2D eigenvalue weighted by Gasteiger charge is 2.32. The summed E-state index contributed by atoms with van der Waals surface area (Å²) in [4.78, 5) is 4.65. The van der Waals surface area contributed by atoms with Gasteiger partial charge in [0.25, 0.3) is 0 Å². The normalized spacial score (nSPS) is 15.6. The lowest BCUT2D eigenvalue weighted by Gasteiger charge is -2.40. The lowest BCUT2D eigenvalue weighted by molar-refractivity contribution is 0.198. The summed E-state index contributed by atoms with van der Waals surface area (Å²) in [5.74, 6) is 0.421. The van der Waals surface area contributed by atoms with Crippen LogP contribution < -0.4 is 4.90 Å². The highest BCUT2D eigenvalue weighted by molar-refractivity contribution is 5.46. The molecule has 1 saturated heterocycles. The highest BCUT2D eigenvalue weighted by Crippen LogP contribution is 2.31. The molecule has 1 fully saturated rings. The first-order valence-corrected chi connectivity index (χ1v) is 10.9. The predicted octanol–water partition coefficient (Wildman–Crippen LogP) is 3.77. The molecule has 0 saturated carbocycles. The number of halogens is 1. The third kappa shape index (κ3) is 4.24. The van der Waals surface area contributed by atoms with Crippen molar-refractivity contribution in [1.82, 2.24) is 25.1 Å². The van der Waals surface area contributed by atoms with Crippen LogP contribution in [0.3, 0.4) is 0 Å². The number of para-hydroxylation sites is 1. The highest BCUT2D eigenvalue weighted by atomic mass is 19.1. The first kappa shape index (κ1) is 20.3. The molecule has 0 N–H and O–H groups in total. The smallest absolute Gasteiger partial charge is 0.173 e. The quantitative estimate of drug-likeness (QED) is 0.468. The van der Waals surface area contributed by atoms with Gasteiger partial charge < -0.3 is 4.90 Å². The molecule has 0 radical (unpaired) electrons. The van der Waals surface area contributed by atoms with Crippen molar-refractivity contribution in [2.24, 2.45) is 0 Å². The van der Waals surface area contributed by atoms with Crippen LogP contribution in [0, 0.1) is 5.82 Å². The van der Waals surface area contributed by atoms with Crippen LogP contribution in [0.5, 0.6) is 0 Å². The van der Waals surface area contributed by atoms with Crippen molar-refractivity contribution in [2.45, 2.75) is 12.6 Å². The van der Waals surface area contributed by atoms with Crippen molar-refractivity contribution in [3.05, 3.63) is 108 Å². The Morgan fingerprint density at radius 3 is 2.16 bits per heavy atom. The van der Waals surface area contributed by atoms with Crippen LogP contribution in [0.1, 0.15) is 23.0 Å². The topological polar surface area (TPSA) is 50.1 Å². The number of aromatic nitrogens is 4.